The third-order valence-corrected chi connectivity index (χ3v) is 6.55. The second kappa shape index (κ2) is 10.7. The lowest BCUT2D eigenvalue weighted by molar-refractivity contribution is 0.0853. The molecule has 182 valence electrons. The average molecular weight is 467 g/mol. The van der Waals surface area contributed by atoms with Crippen LogP contribution in [0.2, 0.25) is 0 Å². The maximum atomic E-state index is 12.2. The molecule has 0 radical (unpaired) electrons. The normalized spacial score (nSPS) is 17.3. The van der Waals surface area contributed by atoms with Crippen molar-refractivity contribution in [3.8, 4) is 0 Å². The van der Waals surface area contributed by atoms with E-state index >= 15 is 0 Å². The van der Waals surface area contributed by atoms with Crippen LogP contribution in [0.1, 0.15) is 47.5 Å². The molecule has 1 aromatic heterocycles. The number of likely N-dealkylation sites (tertiary alicyclic amines) is 1. The van der Waals surface area contributed by atoms with Crippen LogP contribution in [0.5, 0.6) is 0 Å². The zero-order valence-corrected chi connectivity index (χ0v) is 19.9. The number of piperidine rings is 1. The number of ether oxygens (including phenoxy) is 1. The van der Waals surface area contributed by atoms with Gasteiger partial charge in [-0.15, -0.1) is 0 Å². The number of aromatic nitrogens is 1. The number of carbonyl (C=O) groups excluding carboxylic acids is 2. The van der Waals surface area contributed by atoms with Crippen LogP contribution in [0.25, 0.3) is 0 Å². The van der Waals surface area contributed by atoms with E-state index in [1.807, 2.05) is 11.0 Å². The lowest BCUT2D eigenvalue weighted by atomic mass is 9.92. The molecule has 0 bridgehead atoms. The highest BCUT2D eigenvalue weighted by molar-refractivity contribution is 5.98. The first kappa shape index (κ1) is 23.8. The summed E-state index contributed by atoms with van der Waals surface area (Å²) in [4.78, 5) is 32.0. The second-order valence-electron chi connectivity index (χ2n) is 9.20. The SMILES string of the molecule is CN(C)C(=O)N1CCC(Nc2cc(Nc3ccc(C4CCOCC4)cc3)ncc2C(N)=O)CC1. The number of amides is 3. The number of pyridine rings is 1. The van der Waals surface area contributed by atoms with E-state index in [0.29, 0.717) is 36.1 Å². The number of anilines is 3. The number of hydrogen-bond donors (Lipinski definition) is 3. The van der Waals surface area contributed by atoms with Crippen molar-refractivity contribution in [2.24, 2.45) is 5.73 Å². The summed E-state index contributed by atoms with van der Waals surface area (Å²) in [5.74, 6) is 0.653. The largest absolute Gasteiger partial charge is 0.381 e. The van der Waals surface area contributed by atoms with Crippen molar-refractivity contribution in [1.82, 2.24) is 14.8 Å². The molecular formula is C25H34N6O3. The molecule has 4 N–H and O–H groups in total. The molecule has 0 aliphatic carbocycles. The minimum absolute atomic E-state index is 0.0227. The Hall–Kier alpha value is -3.33. The van der Waals surface area contributed by atoms with Crippen LogP contribution in [-0.2, 0) is 4.74 Å². The summed E-state index contributed by atoms with van der Waals surface area (Å²) < 4.78 is 5.46. The van der Waals surface area contributed by atoms with E-state index in [2.05, 4.69) is 39.9 Å². The molecule has 3 amide bonds. The fourth-order valence-corrected chi connectivity index (χ4v) is 4.57. The van der Waals surface area contributed by atoms with Gasteiger partial charge < -0.3 is 30.9 Å². The van der Waals surface area contributed by atoms with Gasteiger partial charge in [-0.05, 0) is 49.3 Å². The van der Waals surface area contributed by atoms with Gasteiger partial charge in [0.2, 0.25) is 0 Å². The van der Waals surface area contributed by atoms with Crippen molar-refractivity contribution in [3.63, 3.8) is 0 Å². The standard InChI is InChI=1S/C25H34N6O3/c1-30(2)25(33)31-11-7-20(8-12-31)28-22-15-23(27-16-21(22)24(26)32)29-19-5-3-17(4-6-19)18-9-13-34-14-10-18/h3-6,15-16,18,20H,7-14H2,1-2H3,(H2,26,32)(H2,27,28,29). The number of benzene rings is 1. The summed E-state index contributed by atoms with van der Waals surface area (Å²) in [7, 11) is 3.52. The average Bonchev–Trinajstić information content (AvgIpc) is 2.85. The van der Waals surface area contributed by atoms with Gasteiger partial charge in [-0.1, -0.05) is 12.1 Å². The van der Waals surface area contributed by atoms with E-state index in [0.717, 1.165) is 44.6 Å². The highest BCUT2D eigenvalue weighted by atomic mass is 16.5. The van der Waals surface area contributed by atoms with E-state index in [1.54, 1.807) is 19.0 Å². The minimum atomic E-state index is -0.525. The number of hydrogen-bond acceptors (Lipinski definition) is 6. The van der Waals surface area contributed by atoms with Gasteiger partial charge in [0.1, 0.15) is 5.82 Å². The number of rotatable bonds is 6. The zero-order chi connectivity index (χ0) is 24.1. The molecule has 34 heavy (non-hydrogen) atoms. The van der Waals surface area contributed by atoms with Gasteiger partial charge in [-0.3, -0.25) is 4.79 Å². The Kier molecular flexibility index (Phi) is 7.52. The number of nitrogens with zero attached hydrogens (tertiary/aromatic N) is 3. The topological polar surface area (TPSA) is 113 Å². The third-order valence-electron chi connectivity index (χ3n) is 6.55. The molecule has 2 aromatic rings. The summed E-state index contributed by atoms with van der Waals surface area (Å²) >= 11 is 0. The van der Waals surface area contributed by atoms with Crippen LogP contribution in [0.3, 0.4) is 0 Å². The van der Waals surface area contributed by atoms with Gasteiger partial charge in [0.15, 0.2) is 0 Å². The Morgan fingerprint density at radius 1 is 1.09 bits per heavy atom. The molecule has 1 aromatic carbocycles. The van der Waals surface area contributed by atoms with E-state index in [4.69, 9.17) is 10.5 Å². The molecule has 0 spiro atoms. The van der Waals surface area contributed by atoms with Crippen molar-refractivity contribution in [2.75, 3.05) is 51.0 Å². The number of carbonyl (C=O) groups is 2. The monoisotopic (exact) mass is 466 g/mol. The summed E-state index contributed by atoms with van der Waals surface area (Å²) in [5.41, 5.74) is 8.86. The Morgan fingerprint density at radius 2 is 1.76 bits per heavy atom. The molecule has 9 nitrogen and oxygen atoms in total. The molecule has 2 saturated heterocycles. The molecule has 0 saturated carbocycles. The van der Waals surface area contributed by atoms with Gasteiger partial charge in [-0.2, -0.15) is 0 Å². The molecule has 0 unspecified atom stereocenters. The van der Waals surface area contributed by atoms with Crippen molar-refractivity contribution < 1.29 is 14.3 Å². The number of urea groups is 1. The van der Waals surface area contributed by atoms with Crippen LogP contribution in [-0.4, -0.2) is 73.2 Å². The summed E-state index contributed by atoms with van der Waals surface area (Å²) in [6, 6.07) is 10.4. The molecular weight excluding hydrogens is 432 g/mol. The summed E-state index contributed by atoms with van der Waals surface area (Å²) in [5, 5.41) is 6.78. The Morgan fingerprint density at radius 3 is 2.38 bits per heavy atom. The maximum absolute atomic E-state index is 12.2. The Balaban J connectivity index is 1.42. The van der Waals surface area contributed by atoms with Gasteiger partial charge in [0, 0.05) is 64.4 Å². The van der Waals surface area contributed by atoms with E-state index < -0.39 is 5.91 Å². The molecule has 9 heteroatoms. The number of primary amides is 1. The van der Waals surface area contributed by atoms with Gasteiger partial charge in [0.05, 0.1) is 11.3 Å². The third kappa shape index (κ3) is 5.77. The van der Waals surface area contributed by atoms with E-state index in [1.165, 1.54) is 11.8 Å². The smallest absolute Gasteiger partial charge is 0.319 e. The van der Waals surface area contributed by atoms with Crippen LogP contribution in [0.4, 0.5) is 22.0 Å². The maximum Gasteiger partial charge on any atom is 0.319 e. The first-order valence-electron chi connectivity index (χ1n) is 11.9. The molecule has 4 rings (SSSR count). The lowest BCUT2D eigenvalue weighted by Gasteiger charge is -2.34. The molecule has 2 fully saturated rings. The van der Waals surface area contributed by atoms with Crippen molar-refractivity contribution in [3.05, 3.63) is 47.7 Å². The summed E-state index contributed by atoms with van der Waals surface area (Å²) in [6.45, 7) is 2.97. The van der Waals surface area contributed by atoms with Crippen LogP contribution >= 0.6 is 0 Å². The Bertz CT molecular complexity index is 996. The van der Waals surface area contributed by atoms with Crippen LogP contribution in [0.15, 0.2) is 36.5 Å². The minimum Gasteiger partial charge on any atom is -0.381 e. The van der Waals surface area contributed by atoms with E-state index in [-0.39, 0.29) is 12.1 Å². The fourth-order valence-electron chi connectivity index (χ4n) is 4.57. The van der Waals surface area contributed by atoms with Gasteiger partial charge in [0.25, 0.3) is 5.91 Å². The number of nitrogens with one attached hydrogen (secondary N) is 2. The first-order valence-corrected chi connectivity index (χ1v) is 11.9. The van der Waals surface area contributed by atoms with Crippen molar-refractivity contribution in [1.29, 1.82) is 0 Å². The fraction of sp³-hybridized carbons (Fsp3) is 0.480. The predicted molar refractivity (Wildman–Crippen MR) is 133 cm³/mol. The number of nitrogens with two attached hydrogens (primary N) is 1. The highest BCUT2D eigenvalue weighted by Crippen LogP contribution is 2.29. The predicted octanol–water partition coefficient (Wildman–Crippen LogP) is 3.38. The van der Waals surface area contributed by atoms with Crippen LogP contribution in [0, 0.1) is 0 Å². The lowest BCUT2D eigenvalue weighted by Crippen LogP contribution is -2.46. The highest BCUT2D eigenvalue weighted by Gasteiger charge is 2.25. The molecule has 2 aliphatic heterocycles. The van der Waals surface area contributed by atoms with Crippen LogP contribution < -0.4 is 16.4 Å². The molecule has 2 aliphatic rings. The quantitative estimate of drug-likeness (QED) is 0.602. The summed E-state index contributed by atoms with van der Waals surface area (Å²) in [6.07, 6.45) is 5.20. The first-order chi connectivity index (χ1) is 16.4. The molecule has 0 atom stereocenters. The van der Waals surface area contributed by atoms with Gasteiger partial charge >= 0.3 is 6.03 Å². The van der Waals surface area contributed by atoms with Gasteiger partial charge in [-0.25, -0.2) is 9.78 Å². The molecule has 3 heterocycles. The zero-order valence-electron chi connectivity index (χ0n) is 19.9. The van der Waals surface area contributed by atoms with E-state index in [9.17, 15) is 9.59 Å². The second-order valence-corrected chi connectivity index (χ2v) is 9.20. The van der Waals surface area contributed by atoms with Crippen molar-refractivity contribution >= 4 is 29.1 Å². The Labute approximate surface area is 200 Å². The van der Waals surface area contributed by atoms with Crippen molar-refractivity contribution in [2.45, 2.75) is 37.6 Å².